The summed E-state index contributed by atoms with van der Waals surface area (Å²) < 4.78 is 35.2. The maximum Gasteiger partial charge on any atom is 0.235 e. The van der Waals surface area contributed by atoms with E-state index < -0.39 is 21.5 Å². The first kappa shape index (κ1) is 19.0. The lowest BCUT2D eigenvalue weighted by molar-refractivity contribution is -0.118. The number of sulfone groups is 1. The average molecular weight is 390 g/mol. The number of carbonyl (C=O) groups is 1. The number of nitrogens with one attached hydrogen (secondary N) is 1. The van der Waals surface area contributed by atoms with Crippen LogP contribution in [0.2, 0.25) is 0 Å². The fourth-order valence-corrected chi connectivity index (χ4v) is 3.72. The second-order valence-corrected chi connectivity index (χ2v) is 8.48. The van der Waals surface area contributed by atoms with Gasteiger partial charge in [0.25, 0.3) is 0 Å². The monoisotopic (exact) mass is 390 g/mol. The van der Waals surface area contributed by atoms with E-state index in [0.29, 0.717) is 13.1 Å². The maximum atomic E-state index is 11.8. The van der Waals surface area contributed by atoms with Crippen LogP contribution in [0.1, 0.15) is 0 Å². The lowest BCUT2D eigenvalue weighted by atomic mass is 10.1. The van der Waals surface area contributed by atoms with Crippen LogP contribution in [0.5, 0.6) is 11.5 Å². The van der Waals surface area contributed by atoms with Gasteiger partial charge in [-0.1, -0.05) is 0 Å². The Morgan fingerprint density at radius 1 is 1.00 bits per heavy atom. The fraction of sp³-hybridized carbons (Fsp3) is 0.316. The second-order valence-electron chi connectivity index (χ2n) is 6.34. The number of aromatic nitrogens is 1. The summed E-state index contributed by atoms with van der Waals surface area (Å²) in [6.07, 6.45) is 1.04. The summed E-state index contributed by atoms with van der Waals surface area (Å²) in [4.78, 5) is 11.8. The van der Waals surface area contributed by atoms with Crippen molar-refractivity contribution in [3.05, 3.63) is 36.4 Å². The molecule has 0 saturated heterocycles. The summed E-state index contributed by atoms with van der Waals surface area (Å²) in [5.41, 5.74) is 1.94. The minimum atomic E-state index is -3.35. The smallest absolute Gasteiger partial charge is 0.235 e. The van der Waals surface area contributed by atoms with Gasteiger partial charge in [-0.05, 0) is 24.3 Å². The largest absolute Gasteiger partial charge is 0.497 e. The summed E-state index contributed by atoms with van der Waals surface area (Å²) in [6.45, 7) is 0.789. The molecule has 0 aliphatic rings. The average Bonchev–Trinajstić information content (AvgIpc) is 2.92. The molecule has 0 saturated carbocycles. The van der Waals surface area contributed by atoms with Crippen molar-refractivity contribution in [2.75, 3.05) is 32.8 Å². The first-order valence-corrected chi connectivity index (χ1v) is 10.5. The lowest BCUT2D eigenvalue weighted by Crippen LogP contribution is -2.32. The van der Waals surface area contributed by atoms with Crippen molar-refractivity contribution in [1.82, 2.24) is 9.88 Å². The highest BCUT2D eigenvalue weighted by atomic mass is 32.2. The van der Waals surface area contributed by atoms with Crippen LogP contribution in [-0.2, 0) is 21.2 Å². The molecule has 0 atom stereocenters. The Bertz CT molecular complexity index is 1040. The molecule has 1 N–H and O–H groups in total. The van der Waals surface area contributed by atoms with E-state index in [1.165, 1.54) is 0 Å². The Morgan fingerprint density at radius 3 is 1.96 bits per heavy atom. The molecule has 2 aromatic carbocycles. The summed E-state index contributed by atoms with van der Waals surface area (Å²) in [6, 6.07) is 11.7. The Balaban J connectivity index is 1.96. The predicted octanol–water partition coefficient (Wildman–Crippen LogP) is 1.97. The molecule has 1 aromatic heterocycles. The number of nitrogens with zero attached hydrogens (tertiary/aromatic N) is 1. The van der Waals surface area contributed by atoms with Gasteiger partial charge in [-0.3, -0.25) is 4.79 Å². The number of rotatable bonds is 7. The maximum absolute atomic E-state index is 11.8. The Labute approximate surface area is 157 Å². The summed E-state index contributed by atoms with van der Waals surface area (Å²) >= 11 is 0. The zero-order valence-electron chi connectivity index (χ0n) is 15.5. The van der Waals surface area contributed by atoms with Crippen molar-refractivity contribution in [3.8, 4) is 11.5 Å². The minimum Gasteiger partial charge on any atom is -0.497 e. The molecule has 0 bridgehead atoms. The van der Waals surface area contributed by atoms with Crippen molar-refractivity contribution in [2.45, 2.75) is 6.54 Å². The van der Waals surface area contributed by atoms with Gasteiger partial charge in [0.2, 0.25) is 5.91 Å². The van der Waals surface area contributed by atoms with Crippen molar-refractivity contribution < 1.29 is 22.7 Å². The van der Waals surface area contributed by atoms with E-state index in [-0.39, 0.29) is 0 Å². The molecule has 0 aliphatic heterocycles. The van der Waals surface area contributed by atoms with Gasteiger partial charge in [-0.2, -0.15) is 0 Å². The van der Waals surface area contributed by atoms with Crippen LogP contribution in [0.25, 0.3) is 21.8 Å². The highest BCUT2D eigenvalue weighted by Crippen LogP contribution is 2.33. The van der Waals surface area contributed by atoms with Crippen molar-refractivity contribution in [2.24, 2.45) is 0 Å². The van der Waals surface area contributed by atoms with Crippen LogP contribution in [0.3, 0.4) is 0 Å². The molecule has 0 fully saturated rings. The molecule has 144 valence electrons. The van der Waals surface area contributed by atoms with E-state index >= 15 is 0 Å². The SMILES string of the molecule is COc1ccc2c3ccc(OC)cc3n(CCNC(=O)CS(C)(=O)=O)c2c1. The first-order chi connectivity index (χ1) is 12.8. The number of amides is 1. The topological polar surface area (TPSA) is 86.6 Å². The second kappa shape index (κ2) is 7.48. The van der Waals surface area contributed by atoms with Crippen molar-refractivity contribution in [3.63, 3.8) is 0 Å². The molecule has 27 heavy (non-hydrogen) atoms. The van der Waals surface area contributed by atoms with E-state index in [1.54, 1.807) is 14.2 Å². The van der Waals surface area contributed by atoms with Crippen molar-refractivity contribution in [1.29, 1.82) is 0 Å². The molecular formula is C19H22N2O5S. The zero-order valence-corrected chi connectivity index (χ0v) is 16.3. The molecule has 0 spiro atoms. The van der Waals surface area contributed by atoms with Gasteiger partial charge >= 0.3 is 0 Å². The van der Waals surface area contributed by atoms with Gasteiger partial charge in [0, 0.05) is 42.3 Å². The molecule has 3 aromatic rings. The van der Waals surface area contributed by atoms with E-state index in [2.05, 4.69) is 9.88 Å². The minimum absolute atomic E-state index is 0.307. The van der Waals surface area contributed by atoms with Crippen LogP contribution in [0, 0.1) is 0 Å². The highest BCUT2D eigenvalue weighted by molar-refractivity contribution is 7.91. The number of benzene rings is 2. The summed E-state index contributed by atoms with van der Waals surface area (Å²) in [7, 11) is -0.119. The van der Waals surface area contributed by atoms with Crippen LogP contribution >= 0.6 is 0 Å². The van der Waals surface area contributed by atoms with E-state index in [1.807, 2.05) is 36.4 Å². The molecule has 0 radical (unpaired) electrons. The third-order valence-corrected chi connectivity index (χ3v) is 5.12. The Morgan fingerprint density at radius 2 is 1.52 bits per heavy atom. The van der Waals surface area contributed by atoms with Crippen LogP contribution < -0.4 is 14.8 Å². The summed E-state index contributed by atoms with van der Waals surface area (Å²) in [5, 5.41) is 4.79. The Hall–Kier alpha value is -2.74. The van der Waals surface area contributed by atoms with Gasteiger partial charge in [-0.15, -0.1) is 0 Å². The number of hydrogen-bond donors (Lipinski definition) is 1. The number of hydrogen-bond acceptors (Lipinski definition) is 5. The van der Waals surface area contributed by atoms with Crippen LogP contribution in [0.15, 0.2) is 36.4 Å². The molecule has 0 aliphatic carbocycles. The van der Waals surface area contributed by atoms with Gasteiger partial charge in [0.1, 0.15) is 17.3 Å². The highest BCUT2D eigenvalue weighted by Gasteiger charge is 2.14. The predicted molar refractivity (Wildman–Crippen MR) is 105 cm³/mol. The molecule has 8 heteroatoms. The van der Waals surface area contributed by atoms with Crippen LogP contribution in [-0.4, -0.2) is 51.7 Å². The zero-order chi connectivity index (χ0) is 19.6. The normalized spacial score (nSPS) is 11.7. The van der Waals surface area contributed by atoms with Gasteiger partial charge < -0.3 is 19.4 Å². The first-order valence-electron chi connectivity index (χ1n) is 8.41. The third kappa shape index (κ3) is 4.16. The number of fused-ring (bicyclic) bond motifs is 3. The van der Waals surface area contributed by atoms with E-state index in [9.17, 15) is 13.2 Å². The molecule has 7 nitrogen and oxygen atoms in total. The van der Waals surface area contributed by atoms with E-state index in [0.717, 1.165) is 39.6 Å². The molecular weight excluding hydrogens is 368 g/mol. The van der Waals surface area contributed by atoms with Gasteiger partial charge in [-0.25, -0.2) is 8.42 Å². The molecule has 0 unspecified atom stereocenters. The lowest BCUT2D eigenvalue weighted by Gasteiger charge is -2.10. The number of ether oxygens (including phenoxy) is 2. The number of methoxy groups -OCH3 is 2. The molecule has 1 heterocycles. The molecule has 1 amide bonds. The fourth-order valence-electron chi connectivity index (χ4n) is 3.15. The van der Waals surface area contributed by atoms with E-state index in [4.69, 9.17) is 9.47 Å². The molecule has 3 rings (SSSR count). The Kier molecular flexibility index (Phi) is 5.27. The van der Waals surface area contributed by atoms with Crippen molar-refractivity contribution >= 4 is 37.6 Å². The van der Waals surface area contributed by atoms with Crippen LogP contribution in [0.4, 0.5) is 0 Å². The number of carbonyl (C=O) groups excluding carboxylic acids is 1. The third-order valence-electron chi connectivity index (χ3n) is 4.33. The summed E-state index contributed by atoms with van der Waals surface area (Å²) in [5.74, 6) is 0.453. The van der Waals surface area contributed by atoms with Gasteiger partial charge in [0.15, 0.2) is 9.84 Å². The quantitative estimate of drug-likeness (QED) is 0.667. The standard InChI is InChI=1S/C19H22N2O5S/c1-25-13-4-6-15-16-7-5-14(26-2)11-18(16)21(17(15)10-13)9-8-20-19(22)12-27(3,23)24/h4-7,10-11H,8-9,12H2,1-3H3,(H,20,22). The van der Waals surface area contributed by atoms with Gasteiger partial charge in [0.05, 0.1) is 25.3 Å².